The molecule has 0 saturated heterocycles. The van der Waals surface area contributed by atoms with Gasteiger partial charge in [-0.1, -0.05) is 12.1 Å². The van der Waals surface area contributed by atoms with Gasteiger partial charge in [-0.2, -0.15) is 0 Å². The van der Waals surface area contributed by atoms with Crippen LogP contribution in [0.3, 0.4) is 0 Å². The third-order valence-corrected chi connectivity index (χ3v) is 3.90. The van der Waals surface area contributed by atoms with E-state index in [-0.39, 0.29) is 17.2 Å². The van der Waals surface area contributed by atoms with Crippen molar-refractivity contribution in [3.63, 3.8) is 0 Å². The first-order chi connectivity index (χ1) is 12.2. The Morgan fingerprint density at radius 2 is 1.80 bits per heavy atom. The maximum absolute atomic E-state index is 12.6. The molecule has 1 N–H and O–H groups in total. The first kappa shape index (κ1) is 15.0. The predicted molar refractivity (Wildman–Crippen MR) is 94.3 cm³/mol. The summed E-state index contributed by atoms with van der Waals surface area (Å²) in [6.45, 7) is 0. The third kappa shape index (κ3) is 2.95. The largest absolute Gasteiger partial charge is 0.508 e. The number of hydrogen-bond acceptors (Lipinski definition) is 5. The van der Waals surface area contributed by atoms with Gasteiger partial charge in [-0.15, -0.1) is 0 Å². The summed E-state index contributed by atoms with van der Waals surface area (Å²) in [4.78, 5) is 25.5. The zero-order valence-corrected chi connectivity index (χ0v) is 13.1. The van der Waals surface area contributed by atoms with Crippen molar-refractivity contribution in [2.75, 3.05) is 0 Å². The van der Waals surface area contributed by atoms with Crippen LogP contribution in [0.1, 0.15) is 16.1 Å². The zero-order chi connectivity index (χ0) is 17.2. The van der Waals surface area contributed by atoms with Gasteiger partial charge in [0.25, 0.3) is 0 Å². The highest BCUT2D eigenvalue weighted by Gasteiger charge is 2.13. The van der Waals surface area contributed by atoms with Crippen LogP contribution < -0.4 is 0 Å². The Labute approximate surface area is 143 Å². The summed E-state index contributed by atoms with van der Waals surface area (Å²) in [6.07, 6.45) is 4.82. The van der Waals surface area contributed by atoms with Crippen LogP contribution in [0.25, 0.3) is 22.2 Å². The number of aromatic hydroxyl groups is 1. The molecule has 0 aliphatic heterocycles. The van der Waals surface area contributed by atoms with E-state index in [4.69, 9.17) is 0 Å². The highest BCUT2D eigenvalue weighted by Crippen LogP contribution is 2.22. The van der Waals surface area contributed by atoms with E-state index in [1.165, 1.54) is 18.3 Å². The number of phenols is 1. The van der Waals surface area contributed by atoms with Gasteiger partial charge in [0.1, 0.15) is 11.4 Å². The van der Waals surface area contributed by atoms with Crippen molar-refractivity contribution in [1.29, 1.82) is 0 Å². The topological polar surface area (TPSA) is 76.0 Å². The van der Waals surface area contributed by atoms with Crippen LogP contribution >= 0.6 is 0 Å². The minimum atomic E-state index is -0.239. The molecule has 5 heteroatoms. The quantitative estimate of drug-likeness (QED) is 0.582. The first-order valence-electron chi connectivity index (χ1n) is 7.72. The van der Waals surface area contributed by atoms with Crippen LogP contribution in [0.4, 0.5) is 0 Å². The molecule has 0 radical (unpaired) electrons. The molecule has 2 heterocycles. The molecule has 25 heavy (non-hydrogen) atoms. The number of pyridine rings is 1. The van der Waals surface area contributed by atoms with E-state index < -0.39 is 0 Å². The molecule has 4 aromatic rings. The molecule has 2 aromatic heterocycles. The lowest BCUT2D eigenvalue weighted by molar-refractivity contribution is 0.103. The van der Waals surface area contributed by atoms with Crippen molar-refractivity contribution in [3.8, 4) is 17.0 Å². The normalized spacial score (nSPS) is 10.7. The average molecular weight is 327 g/mol. The van der Waals surface area contributed by atoms with Gasteiger partial charge in [0.05, 0.1) is 23.6 Å². The maximum atomic E-state index is 12.6. The van der Waals surface area contributed by atoms with Crippen molar-refractivity contribution in [2.24, 2.45) is 0 Å². The molecule has 0 bridgehead atoms. The standard InChI is InChI=1S/C20H13N3O2/c24-16-6-3-13(4-7-16)20(25)19-12-21-11-18(23-19)15-5-8-17-14(10-15)2-1-9-22-17/h1-12,24H. The van der Waals surface area contributed by atoms with E-state index in [0.29, 0.717) is 11.3 Å². The van der Waals surface area contributed by atoms with Crippen LogP contribution in [0.2, 0.25) is 0 Å². The Morgan fingerprint density at radius 1 is 0.960 bits per heavy atom. The molecular formula is C20H13N3O2. The third-order valence-electron chi connectivity index (χ3n) is 3.90. The second-order valence-corrected chi connectivity index (χ2v) is 5.58. The molecule has 0 fully saturated rings. The number of carbonyl (C=O) groups excluding carboxylic acids is 1. The number of hydrogen-bond donors (Lipinski definition) is 1. The molecule has 0 aliphatic carbocycles. The summed E-state index contributed by atoms with van der Waals surface area (Å²) in [5, 5.41) is 10.3. The van der Waals surface area contributed by atoms with Gasteiger partial charge in [0.15, 0.2) is 0 Å². The molecular weight excluding hydrogens is 314 g/mol. The van der Waals surface area contributed by atoms with E-state index in [2.05, 4.69) is 15.0 Å². The SMILES string of the molecule is O=C(c1ccc(O)cc1)c1cncc(-c2ccc3ncccc3c2)n1. The summed E-state index contributed by atoms with van der Waals surface area (Å²) in [5.41, 5.74) is 3.10. The van der Waals surface area contributed by atoms with Crippen LogP contribution in [0.15, 0.2) is 73.2 Å². The molecule has 120 valence electrons. The molecule has 5 nitrogen and oxygen atoms in total. The Balaban J connectivity index is 1.73. The number of carbonyl (C=O) groups is 1. The second-order valence-electron chi connectivity index (χ2n) is 5.58. The Morgan fingerprint density at radius 3 is 2.64 bits per heavy atom. The fourth-order valence-electron chi connectivity index (χ4n) is 2.61. The van der Waals surface area contributed by atoms with E-state index in [9.17, 15) is 9.90 Å². The summed E-state index contributed by atoms with van der Waals surface area (Å²) < 4.78 is 0. The van der Waals surface area contributed by atoms with Gasteiger partial charge >= 0.3 is 0 Å². The summed E-state index contributed by atoms with van der Waals surface area (Å²) >= 11 is 0. The number of phenolic OH excluding ortho intramolecular Hbond substituents is 1. The van der Waals surface area contributed by atoms with Crippen molar-refractivity contribution < 1.29 is 9.90 Å². The Kier molecular flexibility index (Phi) is 3.67. The highest BCUT2D eigenvalue weighted by molar-refractivity contribution is 6.07. The summed E-state index contributed by atoms with van der Waals surface area (Å²) in [5.74, 6) is -0.127. The minimum absolute atomic E-state index is 0.112. The number of aromatic nitrogens is 3. The van der Waals surface area contributed by atoms with Gasteiger partial charge in [0, 0.05) is 22.7 Å². The molecule has 0 saturated carbocycles. The highest BCUT2D eigenvalue weighted by atomic mass is 16.3. The lowest BCUT2D eigenvalue weighted by Gasteiger charge is -2.05. The molecule has 0 amide bonds. The lowest BCUT2D eigenvalue weighted by atomic mass is 10.1. The number of ketones is 1. The van der Waals surface area contributed by atoms with E-state index in [0.717, 1.165) is 16.5 Å². The van der Waals surface area contributed by atoms with Crippen LogP contribution in [-0.4, -0.2) is 25.8 Å². The van der Waals surface area contributed by atoms with Gasteiger partial charge in [-0.05, 0) is 42.5 Å². The minimum Gasteiger partial charge on any atom is -0.508 e. The molecule has 0 atom stereocenters. The maximum Gasteiger partial charge on any atom is 0.212 e. The van der Waals surface area contributed by atoms with Crippen molar-refractivity contribution in [3.05, 3.63) is 84.4 Å². The Bertz CT molecular complexity index is 1080. The average Bonchev–Trinajstić information content (AvgIpc) is 2.68. The van der Waals surface area contributed by atoms with Crippen LogP contribution in [0.5, 0.6) is 5.75 Å². The lowest BCUT2D eigenvalue weighted by Crippen LogP contribution is -2.05. The zero-order valence-electron chi connectivity index (χ0n) is 13.1. The molecule has 2 aromatic carbocycles. The van der Waals surface area contributed by atoms with Crippen LogP contribution in [-0.2, 0) is 0 Å². The number of benzene rings is 2. The van der Waals surface area contributed by atoms with Crippen molar-refractivity contribution >= 4 is 16.7 Å². The molecule has 0 unspecified atom stereocenters. The monoisotopic (exact) mass is 327 g/mol. The van der Waals surface area contributed by atoms with Gasteiger partial charge in [-0.3, -0.25) is 14.8 Å². The summed E-state index contributed by atoms with van der Waals surface area (Å²) in [7, 11) is 0. The second kappa shape index (κ2) is 6.13. The molecule has 0 spiro atoms. The Hall–Kier alpha value is -3.60. The van der Waals surface area contributed by atoms with E-state index in [1.807, 2.05) is 30.3 Å². The first-order valence-corrected chi connectivity index (χ1v) is 7.72. The van der Waals surface area contributed by atoms with Gasteiger partial charge < -0.3 is 5.11 Å². The van der Waals surface area contributed by atoms with Crippen LogP contribution in [0, 0.1) is 0 Å². The predicted octanol–water partition coefficient (Wildman–Crippen LogP) is 3.63. The number of nitrogens with zero attached hydrogens (tertiary/aromatic N) is 3. The van der Waals surface area contributed by atoms with Crippen molar-refractivity contribution in [1.82, 2.24) is 15.0 Å². The number of rotatable bonds is 3. The fraction of sp³-hybridized carbons (Fsp3) is 0. The van der Waals surface area contributed by atoms with Gasteiger partial charge in [0.2, 0.25) is 5.78 Å². The summed E-state index contributed by atoms with van der Waals surface area (Å²) in [6, 6.07) is 15.7. The molecule has 0 aliphatic rings. The van der Waals surface area contributed by atoms with E-state index >= 15 is 0 Å². The van der Waals surface area contributed by atoms with Crippen molar-refractivity contribution in [2.45, 2.75) is 0 Å². The van der Waals surface area contributed by atoms with Gasteiger partial charge in [-0.25, -0.2) is 4.98 Å². The fourth-order valence-corrected chi connectivity index (χ4v) is 2.61. The number of fused-ring (bicyclic) bond motifs is 1. The molecule has 4 rings (SSSR count). The van der Waals surface area contributed by atoms with E-state index in [1.54, 1.807) is 24.5 Å². The smallest absolute Gasteiger partial charge is 0.212 e.